The Hall–Kier alpha value is -0.0800. The highest BCUT2D eigenvalue weighted by Gasteiger charge is 2.38. The molecule has 1 saturated carbocycles. The van der Waals surface area contributed by atoms with Gasteiger partial charge in [0.25, 0.3) is 0 Å². The summed E-state index contributed by atoms with van der Waals surface area (Å²) < 4.78 is 0. The lowest BCUT2D eigenvalue weighted by molar-refractivity contribution is 0.0926. The second-order valence-electron chi connectivity index (χ2n) is 6.36. The molecular weight excluding hydrogens is 196 g/mol. The Morgan fingerprint density at radius 3 is 2.69 bits per heavy atom. The van der Waals surface area contributed by atoms with E-state index in [0.717, 1.165) is 29.8 Å². The fraction of sp³-hybridized carbons (Fsp3) is 1.00. The molecule has 2 nitrogen and oxygen atoms in total. The van der Waals surface area contributed by atoms with Crippen LogP contribution in [0.25, 0.3) is 0 Å². The van der Waals surface area contributed by atoms with Crippen LogP contribution in [0.5, 0.6) is 0 Å². The van der Waals surface area contributed by atoms with Crippen molar-refractivity contribution in [2.45, 2.75) is 52.1 Å². The minimum absolute atomic E-state index is 0.780. The monoisotopic (exact) mass is 224 g/mol. The van der Waals surface area contributed by atoms with E-state index >= 15 is 0 Å². The van der Waals surface area contributed by atoms with Crippen molar-refractivity contribution in [1.82, 2.24) is 10.2 Å². The first-order valence-corrected chi connectivity index (χ1v) is 7.03. The van der Waals surface area contributed by atoms with Gasteiger partial charge in [0.1, 0.15) is 0 Å². The Bertz CT molecular complexity index is 225. The molecule has 1 aliphatic carbocycles. The van der Waals surface area contributed by atoms with Crippen LogP contribution >= 0.6 is 0 Å². The Labute approximate surface area is 101 Å². The van der Waals surface area contributed by atoms with E-state index in [1.54, 1.807) is 0 Å². The van der Waals surface area contributed by atoms with Crippen LogP contribution in [0.4, 0.5) is 0 Å². The summed E-state index contributed by atoms with van der Waals surface area (Å²) in [7, 11) is 2.31. The summed E-state index contributed by atoms with van der Waals surface area (Å²) in [6.07, 6.45) is 4.23. The van der Waals surface area contributed by atoms with Gasteiger partial charge in [-0.1, -0.05) is 20.8 Å². The van der Waals surface area contributed by atoms with Crippen LogP contribution in [0.2, 0.25) is 0 Å². The summed E-state index contributed by atoms with van der Waals surface area (Å²) in [5.74, 6) is 2.58. The summed E-state index contributed by atoms with van der Waals surface area (Å²) in [6.45, 7) is 9.60. The van der Waals surface area contributed by atoms with E-state index in [2.05, 4.69) is 38.0 Å². The van der Waals surface area contributed by atoms with Gasteiger partial charge in [-0.05, 0) is 44.1 Å². The second kappa shape index (κ2) is 5.05. The lowest BCUT2D eigenvalue weighted by atomic mass is 9.72. The molecule has 0 aromatic heterocycles. The highest BCUT2D eigenvalue weighted by molar-refractivity contribution is 4.94. The van der Waals surface area contributed by atoms with Crippen LogP contribution in [-0.4, -0.2) is 37.1 Å². The third kappa shape index (κ3) is 2.43. The van der Waals surface area contributed by atoms with Crippen molar-refractivity contribution in [3.8, 4) is 0 Å². The molecule has 0 aromatic rings. The minimum atomic E-state index is 0.780. The molecule has 2 unspecified atom stereocenters. The molecule has 1 saturated heterocycles. The maximum Gasteiger partial charge on any atom is 0.0159 e. The van der Waals surface area contributed by atoms with Crippen LogP contribution in [0, 0.1) is 17.8 Å². The van der Waals surface area contributed by atoms with Crippen LogP contribution < -0.4 is 5.32 Å². The van der Waals surface area contributed by atoms with Gasteiger partial charge in [0, 0.05) is 25.2 Å². The quantitative estimate of drug-likeness (QED) is 0.735. The van der Waals surface area contributed by atoms with Crippen LogP contribution in [0.3, 0.4) is 0 Å². The van der Waals surface area contributed by atoms with Gasteiger partial charge in [0.2, 0.25) is 0 Å². The molecule has 0 bridgehead atoms. The van der Waals surface area contributed by atoms with Crippen molar-refractivity contribution in [2.24, 2.45) is 17.8 Å². The largest absolute Gasteiger partial charge is 0.312 e. The van der Waals surface area contributed by atoms with E-state index in [1.807, 2.05) is 0 Å². The van der Waals surface area contributed by atoms with Gasteiger partial charge >= 0.3 is 0 Å². The maximum absolute atomic E-state index is 3.78. The van der Waals surface area contributed by atoms with E-state index in [4.69, 9.17) is 0 Å². The normalized spacial score (nSPS) is 41.8. The number of nitrogens with one attached hydrogen (secondary N) is 1. The molecule has 4 atom stereocenters. The first-order chi connectivity index (χ1) is 7.59. The number of likely N-dealkylation sites (N-methyl/N-ethyl adjacent to an activating group) is 1. The molecule has 2 fully saturated rings. The topological polar surface area (TPSA) is 15.3 Å². The molecule has 1 aliphatic heterocycles. The zero-order chi connectivity index (χ0) is 11.7. The van der Waals surface area contributed by atoms with E-state index in [-0.39, 0.29) is 0 Å². The Balaban J connectivity index is 2.16. The lowest BCUT2D eigenvalue weighted by Gasteiger charge is -2.42. The van der Waals surface area contributed by atoms with Gasteiger partial charge in [-0.2, -0.15) is 0 Å². The predicted molar refractivity (Wildman–Crippen MR) is 69.6 cm³/mol. The smallest absolute Gasteiger partial charge is 0.0159 e. The highest BCUT2D eigenvalue weighted by atomic mass is 15.2. The van der Waals surface area contributed by atoms with Crippen LogP contribution in [-0.2, 0) is 0 Å². The standard InChI is InChI=1S/C14H28N2/c1-10(2)14-12-9-11(3)5-6-13(12)15-7-8-16(14)4/h10-15H,5-9H2,1-4H3/t11?,12-,13?,14+/m1/s1. The van der Waals surface area contributed by atoms with Gasteiger partial charge < -0.3 is 10.2 Å². The summed E-state index contributed by atoms with van der Waals surface area (Å²) in [5.41, 5.74) is 0. The van der Waals surface area contributed by atoms with Crippen molar-refractivity contribution in [3.05, 3.63) is 0 Å². The third-order valence-electron chi connectivity index (χ3n) is 4.66. The molecule has 2 aliphatic rings. The molecule has 94 valence electrons. The van der Waals surface area contributed by atoms with Gasteiger partial charge in [-0.3, -0.25) is 0 Å². The molecule has 2 rings (SSSR count). The maximum atomic E-state index is 3.78. The van der Waals surface area contributed by atoms with E-state index in [1.165, 1.54) is 32.4 Å². The van der Waals surface area contributed by atoms with Gasteiger partial charge in [0.15, 0.2) is 0 Å². The molecule has 2 heteroatoms. The first kappa shape index (κ1) is 12.4. The number of rotatable bonds is 1. The Morgan fingerprint density at radius 2 is 2.00 bits per heavy atom. The summed E-state index contributed by atoms with van der Waals surface area (Å²) in [4.78, 5) is 2.60. The van der Waals surface area contributed by atoms with Gasteiger partial charge in [0.05, 0.1) is 0 Å². The summed E-state index contributed by atoms with van der Waals surface area (Å²) >= 11 is 0. The lowest BCUT2D eigenvalue weighted by Crippen LogP contribution is -2.48. The minimum Gasteiger partial charge on any atom is -0.312 e. The molecule has 1 N–H and O–H groups in total. The average Bonchev–Trinajstić information content (AvgIpc) is 2.35. The fourth-order valence-electron chi connectivity index (χ4n) is 3.96. The summed E-state index contributed by atoms with van der Waals surface area (Å²) in [5, 5.41) is 3.78. The van der Waals surface area contributed by atoms with Gasteiger partial charge in [-0.15, -0.1) is 0 Å². The summed E-state index contributed by atoms with van der Waals surface area (Å²) in [6, 6.07) is 1.57. The molecule has 16 heavy (non-hydrogen) atoms. The SMILES string of the molecule is CC1CCC2NCCN(C)[C@@H](C(C)C)[C@@H]2C1. The van der Waals surface area contributed by atoms with E-state index in [9.17, 15) is 0 Å². The van der Waals surface area contributed by atoms with E-state index in [0.29, 0.717) is 0 Å². The highest BCUT2D eigenvalue weighted by Crippen LogP contribution is 2.36. The van der Waals surface area contributed by atoms with E-state index < -0.39 is 0 Å². The number of nitrogens with zero attached hydrogens (tertiary/aromatic N) is 1. The molecule has 1 heterocycles. The number of fused-ring (bicyclic) bond motifs is 1. The Morgan fingerprint density at radius 1 is 1.25 bits per heavy atom. The molecular formula is C14H28N2. The van der Waals surface area contributed by atoms with Gasteiger partial charge in [-0.25, -0.2) is 0 Å². The van der Waals surface area contributed by atoms with Crippen molar-refractivity contribution >= 4 is 0 Å². The van der Waals surface area contributed by atoms with Crippen LogP contribution in [0.15, 0.2) is 0 Å². The van der Waals surface area contributed by atoms with Crippen molar-refractivity contribution in [3.63, 3.8) is 0 Å². The van der Waals surface area contributed by atoms with Crippen molar-refractivity contribution in [2.75, 3.05) is 20.1 Å². The third-order valence-corrected chi connectivity index (χ3v) is 4.66. The number of hydrogen-bond donors (Lipinski definition) is 1. The molecule has 0 aromatic carbocycles. The second-order valence-corrected chi connectivity index (χ2v) is 6.36. The predicted octanol–water partition coefficient (Wildman–Crippen LogP) is 2.35. The zero-order valence-electron chi connectivity index (χ0n) is 11.4. The number of hydrogen-bond acceptors (Lipinski definition) is 2. The van der Waals surface area contributed by atoms with Crippen molar-refractivity contribution in [1.29, 1.82) is 0 Å². The zero-order valence-corrected chi connectivity index (χ0v) is 11.4. The Kier molecular flexibility index (Phi) is 3.91. The van der Waals surface area contributed by atoms with Crippen LogP contribution in [0.1, 0.15) is 40.0 Å². The molecule has 0 amide bonds. The molecule has 0 radical (unpaired) electrons. The van der Waals surface area contributed by atoms with Crippen molar-refractivity contribution < 1.29 is 0 Å². The average molecular weight is 224 g/mol. The fourth-order valence-corrected chi connectivity index (χ4v) is 3.96. The first-order valence-electron chi connectivity index (χ1n) is 7.03. The molecule has 0 spiro atoms.